The summed E-state index contributed by atoms with van der Waals surface area (Å²) in [6.07, 6.45) is 3.04. The molecule has 9 heteroatoms. The predicted molar refractivity (Wildman–Crippen MR) is 123 cm³/mol. The Morgan fingerprint density at radius 2 is 1.97 bits per heavy atom. The molecule has 5 rings (SSSR count). The first-order chi connectivity index (χ1) is 15.0. The van der Waals surface area contributed by atoms with E-state index in [0.29, 0.717) is 21.2 Å². The number of fused-ring (bicyclic) bond motifs is 1. The fourth-order valence-corrected chi connectivity index (χ4v) is 5.61. The molecule has 1 amide bonds. The van der Waals surface area contributed by atoms with Gasteiger partial charge in [-0.3, -0.25) is 19.5 Å². The van der Waals surface area contributed by atoms with Gasteiger partial charge in [-0.05, 0) is 48.2 Å². The number of aryl methyl sites for hydroxylation is 1. The lowest BCUT2D eigenvalue weighted by atomic mass is 10.0. The van der Waals surface area contributed by atoms with Crippen molar-refractivity contribution in [3.8, 4) is 0 Å². The van der Waals surface area contributed by atoms with Crippen molar-refractivity contribution in [2.75, 3.05) is 4.90 Å². The van der Waals surface area contributed by atoms with Crippen LogP contribution in [0, 0.1) is 6.92 Å². The molecule has 1 atom stereocenters. The van der Waals surface area contributed by atoms with Crippen LogP contribution >= 0.6 is 34.3 Å². The van der Waals surface area contributed by atoms with Crippen LogP contribution in [0.3, 0.4) is 0 Å². The van der Waals surface area contributed by atoms with Gasteiger partial charge in [-0.1, -0.05) is 29.0 Å². The van der Waals surface area contributed by atoms with E-state index in [-0.39, 0.29) is 11.3 Å². The van der Waals surface area contributed by atoms with Gasteiger partial charge in [0.2, 0.25) is 0 Å². The largest absolute Gasteiger partial charge is 0.507 e. The molecule has 154 valence electrons. The minimum atomic E-state index is -0.773. The monoisotopic (exact) mass is 467 g/mol. The number of hydrogen-bond acceptors (Lipinski definition) is 7. The summed E-state index contributed by atoms with van der Waals surface area (Å²) in [6.45, 7) is 1.90. The van der Waals surface area contributed by atoms with Crippen LogP contribution in [0.4, 0.5) is 5.13 Å². The molecule has 0 radical (unpaired) electrons. The number of ketones is 1. The first kappa shape index (κ1) is 19.9. The number of rotatable bonds is 3. The molecule has 0 spiro atoms. The predicted octanol–water partition coefficient (Wildman–Crippen LogP) is 5.34. The Balaban J connectivity index is 1.72. The molecular formula is C22H14ClN3O3S2. The number of carbonyl (C=O) groups is 2. The molecule has 1 saturated heterocycles. The number of aliphatic hydroxyl groups is 1. The number of aromatic nitrogens is 2. The van der Waals surface area contributed by atoms with Crippen molar-refractivity contribution in [2.24, 2.45) is 0 Å². The number of amides is 1. The summed E-state index contributed by atoms with van der Waals surface area (Å²) >= 11 is 8.95. The summed E-state index contributed by atoms with van der Waals surface area (Å²) in [4.78, 5) is 36.9. The minimum absolute atomic E-state index is 0.0344. The van der Waals surface area contributed by atoms with Crippen molar-refractivity contribution in [1.82, 2.24) is 9.97 Å². The van der Waals surface area contributed by atoms with Crippen LogP contribution < -0.4 is 4.90 Å². The van der Waals surface area contributed by atoms with Crippen LogP contribution in [0.15, 0.2) is 59.7 Å². The van der Waals surface area contributed by atoms with Crippen molar-refractivity contribution in [1.29, 1.82) is 0 Å². The van der Waals surface area contributed by atoms with Crippen LogP contribution in [0.2, 0.25) is 5.02 Å². The molecule has 1 fully saturated rings. The molecule has 1 aliphatic rings. The molecule has 31 heavy (non-hydrogen) atoms. The van der Waals surface area contributed by atoms with E-state index in [1.54, 1.807) is 18.2 Å². The molecule has 4 heterocycles. The van der Waals surface area contributed by atoms with Crippen LogP contribution in [0.1, 0.15) is 22.0 Å². The number of Topliss-reactive ketones (excluding diaryl/α,β-unsaturated/α-hetero) is 1. The van der Waals surface area contributed by atoms with Crippen molar-refractivity contribution < 1.29 is 14.7 Å². The number of benzene rings is 1. The van der Waals surface area contributed by atoms with E-state index in [9.17, 15) is 14.7 Å². The normalized spacial score (nSPS) is 18.3. The van der Waals surface area contributed by atoms with Gasteiger partial charge in [0.05, 0.1) is 15.8 Å². The lowest BCUT2D eigenvalue weighted by Crippen LogP contribution is -2.28. The van der Waals surface area contributed by atoms with E-state index in [0.717, 1.165) is 15.1 Å². The number of anilines is 1. The highest BCUT2D eigenvalue weighted by Crippen LogP contribution is 2.45. The number of carbonyl (C=O) groups excluding carboxylic acids is 2. The number of halogens is 1. The zero-order chi connectivity index (χ0) is 21.7. The molecule has 1 N–H and O–H groups in total. The van der Waals surface area contributed by atoms with Gasteiger partial charge < -0.3 is 5.11 Å². The lowest BCUT2D eigenvalue weighted by Gasteiger charge is -2.21. The van der Waals surface area contributed by atoms with E-state index in [2.05, 4.69) is 9.97 Å². The first-order valence-corrected chi connectivity index (χ1v) is 11.3. The fraction of sp³-hybridized carbons (Fsp3) is 0.0909. The Bertz CT molecular complexity index is 1320. The summed E-state index contributed by atoms with van der Waals surface area (Å²) in [5.41, 5.74) is 2.00. The van der Waals surface area contributed by atoms with Gasteiger partial charge >= 0.3 is 5.91 Å². The Hall–Kier alpha value is -3.07. The Morgan fingerprint density at radius 3 is 2.68 bits per heavy atom. The number of nitrogens with zero attached hydrogens (tertiary/aromatic N) is 3. The van der Waals surface area contributed by atoms with Gasteiger partial charge in [-0.15, -0.1) is 11.3 Å². The number of thiophene rings is 1. The molecule has 1 aromatic carbocycles. The second-order valence-corrected chi connectivity index (χ2v) is 9.38. The van der Waals surface area contributed by atoms with Gasteiger partial charge in [0, 0.05) is 27.9 Å². The third kappa shape index (κ3) is 3.23. The van der Waals surface area contributed by atoms with E-state index >= 15 is 0 Å². The van der Waals surface area contributed by atoms with Gasteiger partial charge in [0.25, 0.3) is 5.78 Å². The number of hydrogen-bond donors (Lipinski definition) is 1. The number of aliphatic hydroxyl groups excluding tert-OH is 1. The summed E-state index contributed by atoms with van der Waals surface area (Å²) in [6, 6.07) is 9.75. The highest BCUT2D eigenvalue weighted by molar-refractivity contribution is 7.22. The van der Waals surface area contributed by atoms with Gasteiger partial charge in [-0.25, -0.2) is 4.98 Å². The quantitative estimate of drug-likeness (QED) is 0.250. The van der Waals surface area contributed by atoms with Crippen LogP contribution in [-0.2, 0) is 9.59 Å². The Morgan fingerprint density at radius 1 is 1.19 bits per heavy atom. The average molecular weight is 468 g/mol. The highest BCUT2D eigenvalue weighted by Gasteiger charge is 2.48. The number of thiazole rings is 1. The van der Waals surface area contributed by atoms with Gasteiger partial charge in [0.1, 0.15) is 11.8 Å². The summed E-state index contributed by atoms with van der Waals surface area (Å²) in [5.74, 6) is -1.71. The molecule has 1 unspecified atom stereocenters. The van der Waals surface area contributed by atoms with Crippen LogP contribution in [0.5, 0.6) is 0 Å². The SMILES string of the molecule is Cc1cc2sc(N3C(=O)C(=O)/C(=C(/O)c4ccncc4)C3c3cccs3)nc2cc1Cl. The van der Waals surface area contributed by atoms with Gasteiger partial charge in [-0.2, -0.15) is 0 Å². The standard InChI is InChI=1S/C22H14ClN3O3S2/c1-11-9-16-14(10-13(11)23)25-22(31-16)26-18(15-3-2-8-30-15)17(20(28)21(26)29)19(27)12-4-6-24-7-5-12/h2-10,18,27H,1H3/b19-17+. The molecule has 4 aromatic rings. The fourth-order valence-electron chi connectivity index (χ4n) is 3.55. The van der Waals surface area contributed by atoms with Gasteiger partial charge in [0.15, 0.2) is 5.13 Å². The molecule has 1 aliphatic heterocycles. The third-order valence-electron chi connectivity index (χ3n) is 5.07. The van der Waals surface area contributed by atoms with Crippen LogP contribution in [-0.4, -0.2) is 26.8 Å². The average Bonchev–Trinajstić information content (AvgIpc) is 3.48. The molecule has 6 nitrogen and oxygen atoms in total. The topological polar surface area (TPSA) is 83.4 Å². The second-order valence-electron chi connectivity index (χ2n) is 6.99. The summed E-state index contributed by atoms with van der Waals surface area (Å²) < 4.78 is 0.859. The van der Waals surface area contributed by atoms with Crippen molar-refractivity contribution in [3.63, 3.8) is 0 Å². The second kappa shape index (κ2) is 7.56. The molecule has 0 saturated carbocycles. The maximum atomic E-state index is 13.1. The lowest BCUT2D eigenvalue weighted by molar-refractivity contribution is -0.132. The Labute approximate surface area is 190 Å². The first-order valence-electron chi connectivity index (χ1n) is 9.27. The summed E-state index contributed by atoms with van der Waals surface area (Å²) in [7, 11) is 0. The maximum absolute atomic E-state index is 13.1. The van der Waals surface area contributed by atoms with E-state index in [1.807, 2.05) is 30.5 Å². The smallest absolute Gasteiger partial charge is 0.301 e. The molecule has 0 aliphatic carbocycles. The van der Waals surface area contributed by atoms with E-state index < -0.39 is 17.7 Å². The molecule has 0 bridgehead atoms. The highest BCUT2D eigenvalue weighted by atomic mass is 35.5. The third-order valence-corrected chi connectivity index (χ3v) is 7.42. The van der Waals surface area contributed by atoms with Crippen molar-refractivity contribution in [3.05, 3.63) is 80.8 Å². The zero-order valence-electron chi connectivity index (χ0n) is 16.1. The van der Waals surface area contributed by atoms with E-state index in [1.165, 1.54) is 40.0 Å². The van der Waals surface area contributed by atoms with Crippen molar-refractivity contribution in [2.45, 2.75) is 13.0 Å². The minimum Gasteiger partial charge on any atom is -0.507 e. The van der Waals surface area contributed by atoms with Crippen molar-refractivity contribution >= 4 is 67.1 Å². The van der Waals surface area contributed by atoms with Crippen LogP contribution in [0.25, 0.3) is 16.0 Å². The number of pyridine rings is 1. The van der Waals surface area contributed by atoms with E-state index in [4.69, 9.17) is 11.6 Å². The maximum Gasteiger partial charge on any atom is 0.301 e. The zero-order valence-corrected chi connectivity index (χ0v) is 18.5. The summed E-state index contributed by atoms with van der Waals surface area (Å²) in [5, 5.41) is 13.8. The molecule has 3 aromatic heterocycles. The Kier molecular flexibility index (Phi) is 4.85. The molecular weight excluding hydrogens is 454 g/mol.